The molecule has 3 rings (SSSR count). The lowest BCUT2D eigenvalue weighted by atomic mass is 10.0. The largest absolute Gasteiger partial charge is 0.493 e. The maximum absolute atomic E-state index is 12.1. The zero-order chi connectivity index (χ0) is 17.3. The van der Waals surface area contributed by atoms with E-state index in [1.165, 1.54) is 0 Å². The second-order valence-corrected chi connectivity index (χ2v) is 5.91. The average Bonchev–Trinajstić information content (AvgIpc) is 2.87. The number of fused-ring (bicyclic) bond motifs is 1. The lowest BCUT2D eigenvalue weighted by Gasteiger charge is -2.04. The number of nitrogens with one attached hydrogen (secondary N) is 1. The van der Waals surface area contributed by atoms with E-state index in [-0.39, 0.29) is 11.6 Å². The van der Waals surface area contributed by atoms with Crippen molar-refractivity contribution in [2.75, 3.05) is 5.73 Å². The van der Waals surface area contributed by atoms with E-state index in [1.54, 1.807) is 24.3 Å². The molecule has 1 heterocycles. The Morgan fingerprint density at radius 3 is 2.54 bits per heavy atom. The van der Waals surface area contributed by atoms with Gasteiger partial charge in [-0.1, -0.05) is 19.9 Å². The van der Waals surface area contributed by atoms with Crippen molar-refractivity contribution in [3.8, 4) is 5.88 Å². The monoisotopic (exact) mass is 322 g/mol. The van der Waals surface area contributed by atoms with E-state index in [2.05, 4.69) is 29.1 Å². The molecule has 6 nitrogen and oxygen atoms in total. The van der Waals surface area contributed by atoms with Gasteiger partial charge >= 0.3 is 0 Å². The van der Waals surface area contributed by atoms with Crippen molar-refractivity contribution >= 4 is 28.2 Å². The number of H-pyrrole nitrogens is 1. The van der Waals surface area contributed by atoms with Crippen LogP contribution in [0.15, 0.2) is 52.7 Å². The van der Waals surface area contributed by atoms with Gasteiger partial charge in [0.25, 0.3) is 5.91 Å². The van der Waals surface area contributed by atoms with Crippen molar-refractivity contribution in [2.45, 2.75) is 19.8 Å². The quantitative estimate of drug-likeness (QED) is 0.488. The number of hydrogen-bond acceptors (Lipinski definition) is 4. The fourth-order valence-electron chi connectivity index (χ4n) is 2.42. The van der Waals surface area contributed by atoms with Gasteiger partial charge in [-0.05, 0) is 47.9 Å². The number of aromatic nitrogens is 1. The Balaban J connectivity index is 1.96. The first-order chi connectivity index (χ1) is 11.5. The number of aromatic hydroxyl groups is 1. The molecule has 0 fully saturated rings. The molecular formula is C18H18N4O2. The van der Waals surface area contributed by atoms with Crippen LogP contribution in [0.5, 0.6) is 5.88 Å². The van der Waals surface area contributed by atoms with E-state index >= 15 is 0 Å². The number of nitrogen functional groups attached to an aromatic ring is 1. The molecule has 3 aromatic rings. The van der Waals surface area contributed by atoms with E-state index in [9.17, 15) is 9.90 Å². The predicted molar refractivity (Wildman–Crippen MR) is 93.8 cm³/mol. The molecule has 0 bridgehead atoms. The number of hydrogen-bond donors (Lipinski definition) is 3. The standard InChI is InChI=1S/C18H18N4O2/c1-10(2)12-5-8-15-14(9-12)16(18(24)20-15)21-22-17(23)11-3-6-13(19)7-4-11/h3-10,20,24H,19H2,1-2H3. The van der Waals surface area contributed by atoms with Crippen LogP contribution >= 0.6 is 0 Å². The number of carbonyl (C=O) groups is 1. The number of nitrogens with zero attached hydrogens (tertiary/aromatic N) is 2. The molecule has 0 saturated carbocycles. The van der Waals surface area contributed by atoms with Crippen LogP contribution in [0.4, 0.5) is 11.4 Å². The fraction of sp³-hybridized carbons (Fsp3) is 0.167. The summed E-state index contributed by atoms with van der Waals surface area (Å²) in [6.45, 7) is 4.17. The van der Waals surface area contributed by atoms with Gasteiger partial charge in [-0.15, -0.1) is 10.2 Å². The third-order valence-electron chi connectivity index (χ3n) is 3.84. The van der Waals surface area contributed by atoms with Gasteiger partial charge in [-0.25, -0.2) is 0 Å². The van der Waals surface area contributed by atoms with E-state index in [4.69, 9.17) is 5.73 Å². The lowest BCUT2D eigenvalue weighted by molar-refractivity contribution is 0.0995. The third-order valence-corrected chi connectivity index (χ3v) is 3.84. The Labute approximate surface area is 139 Å². The molecule has 0 spiro atoms. The maximum Gasteiger partial charge on any atom is 0.295 e. The predicted octanol–water partition coefficient (Wildman–Crippen LogP) is 4.50. The molecule has 1 aromatic heterocycles. The van der Waals surface area contributed by atoms with Crippen LogP contribution < -0.4 is 5.73 Å². The van der Waals surface area contributed by atoms with E-state index in [0.717, 1.165) is 16.5 Å². The molecule has 0 radical (unpaired) electrons. The highest BCUT2D eigenvalue weighted by atomic mass is 16.3. The molecule has 0 aliphatic carbocycles. The molecule has 0 aliphatic heterocycles. The van der Waals surface area contributed by atoms with Gasteiger partial charge in [-0.3, -0.25) is 4.79 Å². The second kappa shape index (κ2) is 6.16. The van der Waals surface area contributed by atoms with Crippen LogP contribution in [0.25, 0.3) is 10.9 Å². The molecule has 24 heavy (non-hydrogen) atoms. The van der Waals surface area contributed by atoms with Gasteiger partial charge in [0.2, 0.25) is 5.88 Å². The first kappa shape index (κ1) is 15.7. The van der Waals surface area contributed by atoms with Gasteiger partial charge in [0, 0.05) is 16.6 Å². The molecule has 0 aliphatic rings. The SMILES string of the molecule is CC(C)c1ccc2[nH]c(O)c(N=NC(=O)c3ccc(N)cc3)c2c1. The molecule has 0 atom stereocenters. The van der Waals surface area contributed by atoms with Gasteiger partial charge in [0.05, 0.1) is 5.52 Å². The first-order valence-corrected chi connectivity index (χ1v) is 7.62. The number of carbonyl (C=O) groups excluding carboxylic acids is 1. The number of rotatable bonds is 3. The number of aromatic amines is 1. The maximum atomic E-state index is 12.1. The normalized spacial score (nSPS) is 11.6. The zero-order valence-electron chi connectivity index (χ0n) is 13.4. The van der Waals surface area contributed by atoms with Crippen molar-refractivity contribution in [1.29, 1.82) is 0 Å². The van der Waals surface area contributed by atoms with Crippen LogP contribution in [-0.2, 0) is 0 Å². The van der Waals surface area contributed by atoms with Crippen LogP contribution in [0.3, 0.4) is 0 Å². The summed E-state index contributed by atoms with van der Waals surface area (Å²) in [6.07, 6.45) is 0. The van der Waals surface area contributed by atoms with Crippen molar-refractivity contribution < 1.29 is 9.90 Å². The van der Waals surface area contributed by atoms with Gasteiger partial charge in [0.1, 0.15) is 0 Å². The van der Waals surface area contributed by atoms with Crippen molar-refractivity contribution in [2.24, 2.45) is 10.2 Å². The summed E-state index contributed by atoms with van der Waals surface area (Å²) in [7, 11) is 0. The fourth-order valence-corrected chi connectivity index (χ4v) is 2.42. The summed E-state index contributed by atoms with van der Waals surface area (Å²) in [4.78, 5) is 14.9. The first-order valence-electron chi connectivity index (χ1n) is 7.62. The van der Waals surface area contributed by atoms with Gasteiger partial charge in [-0.2, -0.15) is 0 Å². The summed E-state index contributed by atoms with van der Waals surface area (Å²) in [5.41, 5.74) is 8.66. The van der Waals surface area contributed by atoms with E-state index in [1.807, 2.05) is 18.2 Å². The molecule has 6 heteroatoms. The average molecular weight is 322 g/mol. The summed E-state index contributed by atoms with van der Waals surface area (Å²) < 4.78 is 0. The minimum atomic E-state index is -0.497. The summed E-state index contributed by atoms with van der Waals surface area (Å²) in [6, 6.07) is 12.2. The lowest BCUT2D eigenvalue weighted by Crippen LogP contribution is -1.94. The summed E-state index contributed by atoms with van der Waals surface area (Å²) >= 11 is 0. The highest BCUT2D eigenvalue weighted by Crippen LogP contribution is 2.37. The molecule has 4 N–H and O–H groups in total. The Hall–Kier alpha value is -3.15. The van der Waals surface area contributed by atoms with Crippen molar-refractivity contribution in [1.82, 2.24) is 4.98 Å². The molecule has 1 amide bonds. The Kier molecular flexibility index (Phi) is 4.04. The highest BCUT2D eigenvalue weighted by Gasteiger charge is 2.13. The zero-order valence-corrected chi connectivity index (χ0v) is 13.4. The molecule has 122 valence electrons. The Morgan fingerprint density at radius 2 is 1.88 bits per heavy atom. The van der Waals surface area contributed by atoms with Gasteiger partial charge in [0.15, 0.2) is 5.69 Å². The topological polar surface area (TPSA) is 104 Å². The Bertz CT molecular complexity index is 924. The summed E-state index contributed by atoms with van der Waals surface area (Å²) in [5.74, 6) is -0.267. The van der Waals surface area contributed by atoms with Crippen molar-refractivity contribution in [3.05, 3.63) is 53.6 Å². The molecular weight excluding hydrogens is 304 g/mol. The summed E-state index contributed by atoms with van der Waals surface area (Å²) in [5, 5.41) is 18.4. The number of nitrogens with two attached hydrogens (primary N) is 1. The second-order valence-electron chi connectivity index (χ2n) is 5.91. The smallest absolute Gasteiger partial charge is 0.295 e. The Morgan fingerprint density at radius 1 is 1.17 bits per heavy atom. The van der Waals surface area contributed by atoms with Crippen molar-refractivity contribution in [3.63, 3.8) is 0 Å². The number of azo groups is 1. The molecule has 2 aromatic carbocycles. The van der Waals surface area contributed by atoms with E-state index < -0.39 is 5.91 Å². The van der Waals surface area contributed by atoms with Crippen LogP contribution in [0.2, 0.25) is 0 Å². The number of amides is 1. The number of benzene rings is 2. The minimum absolute atomic E-state index is 0.111. The van der Waals surface area contributed by atoms with Crippen LogP contribution in [-0.4, -0.2) is 16.0 Å². The third kappa shape index (κ3) is 2.99. The number of anilines is 1. The van der Waals surface area contributed by atoms with E-state index in [0.29, 0.717) is 17.2 Å². The molecule has 0 unspecified atom stereocenters. The van der Waals surface area contributed by atoms with Crippen LogP contribution in [0, 0.1) is 0 Å². The molecule has 0 saturated heterocycles. The van der Waals surface area contributed by atoms with Gasteiger partial charge < -0.3 is 15.8 Å². The van der Waals surface area contributed by atoms with Crippen LogP contribution in [0.1, 0.15) is 35.7 Å². The minimum Gasteiger partial charge on any atom is -0.493 e. The highest BCUT2D eigenvalue weighted by molar-refractivity contribution is 5.97.